The zero-order valence-corrected chi connectivity index (χ0v) is 10.7. The molecule has 18 heavy (non-hydrogen) atoms. The number of carbonyl (C=O) groups is 1. The molecule has 0 aliphatic heterocycles. The largest absolute Gasteiger partial charge is 0.462 e. The summed E-state index contributed by atoms with van der Waals surface area (Å²) in [5, 5.41) is 8.78. The first kappa shape index (κ1) is 14.2. The van der Waals surface area contributed by atoms with Crippen molar-refractivity contribution in [2.45, 2.75) is 13.3 Å². The Morgan fingerprint density at radius 1 is 1.61 bits per heavy atom. The number of aliphatic hydroxyl groups is 1. The van der Waals surface area contributed by atoms with E-state index < -0.39 is 5.97 Å². The zero-order valence-electron chi connectivity index (χ0n) is 10.7. The number of carbonyl (C=O) groups excluding carboxylic acids is 1. The number of aromatic nitrogens is 1. The van der Waals surface area contributed by atoms with Gasteiger partial charge in [0.15, 0.2) is 0 Å². The predicted molar refractivity (Wildman–Crippen MR) is 69.6 cm³/mol. The van der Waals surface area contributed by atoms with Gasteiger partial charge in [-0.3, -0.25) is 0 Å². The maximum atomic E-state index is 11.7. The Morgan fingerprint density at radius 2 is 2.33 bits per heavy atom. The maximum Gasteiger partial charge on any atom is 0.340 e. The van der Waals surface area contributed by atoms with Gasteiger partial charge in [0.05, 0.1) is 24.1 Å². The standard InChI is InChI=1S/C12H19N3O3/c1-3-18-12(17)9-7-11(14-8-10(9)13)15(2)5-4-6-16/h7-8,16H,3-6,13H2,1-2H3. The Hall–Kier alpha value is -1.82. The minimum atomic E-state index is -0.450. The Bertz CT molecular complexity index is 410. The van der Waals surface area contributed by atoms with Crippen LogP contribution in [-0.4, -0.2) is 42.9 Å². The molecule has 0 aromatic carbocycles. The molecule has 3 N–H and O–H groups in total. The summed E-state index contributed by atoms with van der Waals surface area (Å²) in [4.78, 5) is 17.7. The molecule has 0 fully saturated rings. The summed E-state index contributed by atoms with van der Waals surface area (Å²) in [6.07, 6.45) is 2.08. The van der Waals surface area contributed by atoms with Crippen LogP contribution < -0.4 is 10.6 Å². The molecule has 1 rings (SSSR count). The van der Waals surface area contributed by atoms with Crippen molar-refractivity contribution in [2.24, 2.45) is 0 Å². The average molecular weight is 253 g/mol. The van der Waals surface area contributed by atoms with Gasteiger partial charge in [-0.2, -0.15) is 0 Å². The van der Waals surface area contributed by atoms with E-state index in [4.69, 9.17) is 15.6 Å². The molecule has 0 radical (unpaired) electrons. The van der Waals surface area contributed by atoms with Gasteiger partial charge in [0.2, 0.25) is 0 Å². The normalized spacial score (nSPS) is 10.2. The number of hydrogen-bond donors (Lipinski definition) is 2. The van der Waals surface area contributed by atoms with Crippen molar-refractivity contribution in [3.63, 3.8) is 0 Å². The topological polar surface area (TPSA) is 88.7 Å². The second-order valence-corrected chi connectivity index (χ2v) is 3.85. The second-order valence-electron chi connectivity index (χ2n) is 3.85. The summed E-state index contributed by atoms with van der Waals surface area (Å²) in [7, 11) is 1.84. The highest BCUT2D eigenvalue weighted by Gasteiger charge is 2.13. The van der Waals surface area contributed by atoms with E-state index in [2.05, 4.69) is 4.98 Å². The lowest BCUT2D eigenvalue weighted by atomic mass is 10.2. The van der Waals surface area contributed by atoms with Gasteiger partial charge < -0.3 is 20.5 Å². The van der Waals surface area contributed by atoms with Crippen molar-refractivity contribution >= 4 is 17.5 Å². The summed E-state index contributed by atoms with van der Waals surface area (Å²) in [5.41, 5.74) is 6.32. The molecule has 0 atom stereocenters. The van der Waals surface area contributed by atoms with E-state index in [0.29, 0.717) is 36.6 Å². The van der Waals surface area contributed by atoms with Crippen LogP contribution >= 0.6 is 0 Å². The third-order valence-corrected chi connectivity index (χ3v) is 2.46. The lowest BCUT2D eigenvalue weighted by Crippen LogP contribution is -2.21. The maximum absolute atomic E-state index is 11.7. The fourth-order valence-electron chi connectivity index (χ4n) is 1.47. The number of anilines is 2. The molecule has 0 saturated heterocycles. The van der Waals surface area contributed by atoms with E-state index in [1.165, 1.54) is 6.20 Å². The first-order chi connectivity index (χ1) is 8.60. The van der Waals surface area contributed by atoms with Crippen LogP contribution in [0.3, 0.4) is 0 Å². The Morgan fingerprint density at radius 3 is 2.94 bits per heavy atom. The number of ether oxygens (including phenoxy) is 1. The minimum Gasteiger partial charge on any atom is -0.462 e. The molecule has 0 unspecified atom stereocenters. The molecule has 0 aliphatic rings. The van der Waals surface area contributed by atoms with E-state index in [1.807, 2.05) is 11.9 Å². The van der Waals surface area contributed by atoms with Crippen LogP contribution in [0.4, 0.5) is 11.5 Å². The molecule has 0 saturated carbocycles. The minimum absolute atomic E-state index is 0.115. The van der Waals surface area contributed by atoms with Gasteiger partial charge in [-0.1, -0.05) is 0 Å². The molecule has 0 aliphatic carbocycles. The lowest BCUT2D eigenvalue weighted by Gasteiger charge is -2.18. The van der Waals surface area contributed by atoms with Gasteiger partial charge in [-0.05, 0) is 19.4 Å². The Balaban J connectivity index is 2.89. The van der Waals surface area contributed by atoms with Gasteiger partial charge in [-0.25, -0.2) is 9.78 Å². The first-order valence-electron chi connectivity index (χ1n) is 5.84. The van der Waals surface area contributed by atoms with Gasteiger partial charge in [0.25, 0.3) is 0 Å². The molecular weight excluding hydrogens is 234 g/mol. The van der Waals surface area contributed by atoms with Crippen molar-refractivity contribution < 1.29 is 14.6 Å². The third-order valence-electron chi connectivity index (χ3n) is 2.46. The summed E-state index contributed by atoms with van der Waals surface area (Å²) in [5.74, 6) is 0.176. The number of nitrogen functional groups attached to an aromatic ring is 1. The Labute approximate surface area is 106 Å². The molecule has 1 aromatic heterocycles. The second kappa shape index (κ2) is 6.80. The van der Waals surface area contributed by atoms with E-state index in [-0.39, 0.29) is 6.61 Å². The van der Waals surface area contributed by atoms with Crippen molar-refractivity contribution in [1.29, 1.82) is 0 Å². The molecule has 0 spiro atoms. The van der Waals surface area contributed by atoms with Crippen molar-refractivity contribution in [1.82, 2.24) is 4.98 Å². The first-order valence-corrected chi connectivity index (χ1v) is 5.84. The molecule has 1 heterocycles. The molecule has 6 heteroatoms. The number of pyridine rings is 1. The number of nitrogens with zero attached hydrogens (tertiary/aromatic N) is 2. The third kappa shape index (κ3) is 3.59. The van der Waals surface area contributed by atoms with Crippen molar-refractivity contribution in [3.8, 4) is 0 Å². The van der Waals surface area contributed by atoms with Crippen molar-refractivity contribution in [3.05, 3.63) is 17.8 Å². The van der Waals surface area contributed by atoms with Crippen LogP contribution in [0.5, 0.6) is 0 Å². The summed E-state index contributed by atoms with van der Waals surface area (Å²) in [6.45, 7) is 2.81. The zero-order chi connectivity index (χ0) is 13.5. The monoisotopic (exact) mass is 253 g/mol. The van der Waals surface area contributed by atoms with Crippen molar-refractivity contribution in [2.75, 3.05) is 37.4 Å². The number of hydrogen-bond acceptors (Lipinski definition) is 6. The molecule has 0 amide bonds. The fourth-order valence-corrected chi connectivity index (χ4v) is 1.47. The summed E-state index contributed by atoms with van der Waals surface area (Å²) >= 11 is 0. The van der Waals surface area contributed by atoms with Crippen LogP contribution in [0.15, 0.2) is 12.3 Å². The summed E-state index contributed by atoms with van der Waals surface area (Å²) < 4.78 is 4.92. The van der Waals surface area contributed by atoms with Crippen LogP contribution in [0.1, 0.15) is 23.7 Å². The molecule has 0 bridgehead atoms. The van der Waals surface area contributed by atoms with Crippen LogP contribution in [0, 0.1) is 0 Å². The molecular formula is C12H19N3O3. The number of rotatable bonds is 6. The van der Waals surface area contributed by atoms with Crippen LogP contribution in [0.2, 0.25) is 0 Å². The molecule has 100 valence electrons. The number of nitrogens with two attached hydrogens (primary N) is 1. The highest BCUT2D eigenvalue weighted by molar-refractivity contribution is 5.95. The quantitative estimate of drug-likeness (QED) is 0.724. The predicted octanol–water partition coefficient (Wildman–Crippen LogP) is 0.659. The average Bonchev–Trinajstić information content (AvgIpc) is 2.36. The van der Waals surface area contributed by atoms with E-state index in [9.17, 15) is 4.79 Å². The van der Waals surface area contributed by atoms with Gasteiger partial charge >= 0.3 is 5.97 Å². The highest BCUT2D eigenvalue weighted by atomic mass is 16.5. The van der Waals surface area contributed by atoms with Gasteiger partial charge in [-0.15, -0.1) is 0 Å². The smallest absolute Gasteiger partial charge is 0.340 e. The number of aliphatic hydroxyl groups excluding tert-OH is 1. The Kier molecular flexibility index (Phi) is 5.38. The lowest BCUT2D eigenvalue weighted by molar-refractivity contribution is 0.0527. The van der Waals surface area contributed by atoms with E-state index in [0.717, 1.165) is 0 Å². The van der Waals surface area contributed by atoms with E-state index >= 15 is 0 Å². The molecule has 1 aromatic rings. The SMILES string of the molecule is CCOC(=O)c1cc(N(C)CCCO)ncc1N. The van der Waals surface area contributed by atoms with Gasteiger partial charge in [0.1, 0.15) is 5.82 Å². The van der Waals surface area contributed by atoms with E-state index in [1.54, 1.807) is 13.0 Å². The van der Waals surface area contributed by atoms with Crippen LogP contribution in [0.25, 0.3) is 0 Å². The number of esters is 1. The summed E-state index contributed by atoms with van der Waals surface area (Å²) in [6, 6.07) is 1.60. The fraction of sp³-hybridized carbons (Fsp3) is 0.500. The van der Waals surface area contributed by atoms with Crippen LogP contribution in [-0.2, 0) is 4.74 Å². The highest BCUT2D eigenvalue weighted by Crippen LogP contribution is 2.18. The molecule has 6 nitrogen and oxygen atoms in total. The van der Waals surface area contributed by atoms with Gasteiger partial charge in [0, 0.05) is 20.2 Å².